The smallest absolute Gasteiger partial charge is 0.240 e. The van der Waals surface area contributed by atoms with Gasteiger partial charge in [0.05, 0.1) is 6.07 Å². The monoisotopic (exact) mass is 261 g/mol. The molecule has 19 heavy (non-hydrogen) atoms. The Balaban J connectivity index is 2.69. The third kappa shape index (κ3) is 3.85. The number of nitrogens with one attached hydrogen (secondary N) is 1. The highest BCUT2D eigenvalue weighted by molar-refractivity contribution is 5.85. The van der Waals surface area contributed by atoms with Gasteiger partial charge in [0.1, 0.15) is 5.41 Å². The number of aromatic nitrogens is 1. The maximum atomic E-state index is 12.3. The lowest BCUT2D eigenvalue weighted by molar-refractivity contribution is -0.129. The van der Waals surface area contributed by atoms with E-state index in [1.807, 2.05) is 43.9 Å². The minimum absolute atomic E-state index is 0.137. The lowest BCUT2D eigenvalue weighted by Gasteiger charge is -2.24. The molecule has 0 aliphatic carbocycles. The van der Waals surface area contributed by atoms with E-state index in [1.54, 1.807) is 0 Å². The molecule has 4 heteroatoms. The van der Waals surface area contributed by atoms with Crippen molar-refractivity contribution in [2.75, 3.05) is 0 Å². The summed E-state index contributed by atoms with van der Waals surface area (Å²) >= 11 is 0. The SMILES string of the molecule is CCCC(C#N)(CCC)C(=O)NCc1ccn(C)c1. The number of rotatable bonds is 7. The Kier molecular flexibility index (Phi) is 5.62. The maximum Gasteiger partial charge on any atom is 0.240 e. The molecule has 1 aromatic heterocycles. The summed E-state index contributed by atoms with van der Waals surface area (Å²) in [6.45, 7) is 4.50. The zero-order valence-corrected chi connectivity index (χ0v) is 12.1. The van der Waals surface area contributed by atoms with Gasteiger partial charge in [-0.15, -0.1) is 0 Å². The van der Waals surface area contributed by atoms with Gasteiger partial charge in [0, 0.05) is 26.0 Å². The molecule has 0 spiro atoms. The third-order valence-corrected chi connectivity index (χ3v) is 3.35. The predicted octanol–water partition coefficient (Wildman–Crippen LogP) is 2.75. The Morgan fingerprint density at radius 1 is 1.42 bits per heavy atom. The molecule has 1 N–H and O–H groups in total. The minimum atomic E-state index is -0.863. The van der Waals surface area contributed by atoms with Crippen LogP contribution in [0.4, 0.5) is 0 Å². The van der Waals surface area contributed by atoms with Gasteiger partial charge in [0.2, 0.25) is 5.91 Å². The maximum absolute atomic E-state index is 12.3. The molecule has 0 aliphatic rings. The van der Waals surface area contributed by atoms with Crippen molar-refractivity contribution in [1.29, 1.82) is 5.26 Å². The van der Waals surface area contributed by atoms with Gasteiger partial charge in [-0.3, -0.25) is 4.79 Å². The lowest BCUT2D eigenvalue weighted by Crippen LogP contribution is -2.39. The Bertz CT molecular complexity index is 450. The molecule has 104 valence electrons. The summed E-state index contributed by atoms with van der Waals surface area (Å²) in [5, 5.41) is 12.3. The zero-order valence-electron chi connectivity index (χ0n) is 12.1. The summed E-state index contributed by atoms with van der Waals surface area (Å²) in [4.78, 5) is 12.3. The van der Waals surface area contributed by atoms with Crippen LogP contribution in [0, 0.1) is 16.7 Å². The van der Waals surface area contributed by atoms with Gasteiger partial charge < -0.3 is 9.88 Å². The number of hydrogen-bond donors (Lipinski definition) is 1. The van der Waals surface area contributed by atoms with Crippen molar-refractivity contribution in [3.63, 3.8) is 0 Å². The van der Waals surface area contributed by atoms with Crippen LogP contribution in [-0.2, 0) is 18.4 Å². The predicted molar refractivity (Wildman–Crippen MR) is 75.1 cm³/mol. The van der Waals surface area contributed by atoms with E-state index in [0.29, 0.717) is 19.4 Å². The molecule has 0 aromatic carbocycles. The van der Waals surface area contributed by atoms with E-state index in [9.17, 15) is 10.1 Å². The highest BCUT2D eigenvalue weighted by Gasteiger charge is 2.36. The highest BCUT2D eigenvalue weighted by Crippen LogP contribution is 2.29. The largest absolute Gasteiger partial charge is 0.357 e. The molecule has 1 amide bonds. The van der Waals surface area contributed by atoms with E-state index in [-0.39, 0.29) is 5.91 Å². The fraction of sp³-hybridized carbons (Fsp3) is 0.600. The minimum Gasteiger partial charge on any atom is -0.357 e. The fourth-order valence-corrected chi connectivity index (χ4v) is 2.39. The molecular weight excluding hydrogens is 238 g/mol. The van der Waals surface area contributed by atoms with Crippen LogP contribution in [0.3, 0.4) is 0 Å². The van der Waals surface area contributed by atoms with Crippen molar-refractivity contribution >= 4 is 5.91 Å². The van der Waals surface area contributed by atoms with Crippen molar-refractivity contribution in [2.45, 2.75) is 46.1 Å². The molecule has 0 saturated heterocycles. The third-order valence-electron chi connectivity index (χ3n) is 3.35. The fourth-order valence-electron chi connectivity index (χ4n) is 2.39. The molecule has 0 fully saturated rings. The average Bonchev–Trinajstić information content (AvgIpc) is 2.81. The lowest BCUT2D eigenvalue weighted by atomic mass is 9.80. The highest BCUT2D eigenvalue weighted by atomic mass is 16.2. The first kappa shape index (κ1) is 15.3. The van der Waals surface area contributed by atoms with Gasteiger partial charge in [-0.1, -0.05) is 26.7 Å². The van der Waals surface area contributed by atoms with Crippen LogP contribution in [0.2, 0.25) is 0 Å². The standard InChI is InChI=1S/C15H23N3O/c1-4-7-15(12-16,8-5-2)14(19)17-10-13-6-9-18(3)11-13/h6,9,11H,4-5,7-8,10H2,1-3H3,(H,17,19). The Hall–Kier alpha value is -1.76. The molecule has 0 atom stereocenters. The quantitative estimate of drug-likeness (QED) is 0.820. The molecule has 4 nitrogen and oxygen atoms in total. The van der Waals surface area contributed by atoms with Crippen molar-refractivity contribution < 1.29 is 4.79 Å². The van der Waals surface area contributed by atoms with Crippen molar-refractivity contribution in [3.05, 3.63) is 24.0 Å². The second-order valence-electron chi connectivity index (χ2n) is 5.06. The van der Waals surface area contributed by atoms with E-state index in [4.69, 9.17) is 0 Å². The number of nitriles is 1. The van der Waals surface area contributed by atoms with Crippen LogP contribution in [0.25, 0.3) is 0 Å². The number of carbonyl (C=O) groups is 1. The summed E-state index contributed by atoms with van der Waals surface area (Å²) in [6.07, 6.45) is 6.83. The summed E-state index contributed by atoms with van der Waals surface area (Å²) in [5.41, 5.74) is 0.189. The van der Waals surface area contributed by atoms with Gasteiger partial charge in [0.15, 0.2) is 0 Å². The average molecular weight is 261 g/mol. The number of amides is 1. The van der Waals surface area contributed by atoms with E-state index in [1.165, 1.54) is 0 Å². The van der Waals surface area contributed by atoms with Gasteiger partial charge in [-0.05, 0) is 24.5 Å². The summed E-state index contributed by atoms with van der Waals surface area (Å²) in [7, 11) is 1.94. The summed E-state index contributed by atoms with van der Waals surface area (Å²) in [5.74, 6) is -0.137. The first-order chi connectivity index (χ1) is 9.07. The Morgan fingerprint density at radius 2 is 2.05 bits per heavy atom. The number of hydrogen-bond acceptors (Lipinski definition) is 2. The van der Waals surface area contributed by atoms with E-state index >= 15 is 0 Å². The summed E-state index contributed by atoms with van der Waals surface area (Å²) < 4.78 is 1.94. The second-order valence-corrected chi connectivity index (χ2v) is 5.06. The zero-order chi connectivity index (χ0) is 14.3. The first-order valence-corrected chi connectivity index (χ1v) is 6.88. The molecule has 0 saturated carbocycles. The first-order valence-electron chi connectivity index (χ1n) is 6.88. The van der Waals surface area contributed by atoms with E-state index < -0.39 is 5.41 Å². The van der Waals surface area contributed by atoms with Gasteiger partial charge in [-0.25, -0.2) is 0 Å². The van der Waals surface area contributed by atoms with Crippen LogP contribution in [0.1, 0.15) is 45.1 Å². The van der Waals surface area contributed by atoms with Crippen molar-refractivity contribution in [2.24, 2.45) is 12.5 Å². The normalized spacial score (nSPS) is 11.1. The Morgan fingerprint density at radius 3 is 2.47 bits per heavy atom. The second kappa shape index (κ2) is 6.98. The molecule has 0 bridgehead atoms. The molecule has 0 radical (unpaired) electrons. The Labute approximate surface area is 115 Å². The number of carbonyl (C=O) groups excluding carboxylic acids is 1. The van der Waals surface area contributed by atoms with Gasteiger partial charge >= 0.3 is 0 Å². The van der Waals surface area contributed by atoms with Crippen LogP contribution >= 0.6 is 0 Å². The van der Waals surface area contributed by atoms with Crippen LogP contribution in [0.15, 0.2) is 18.5 Å². The van der Waals surface area contributed by atoms with E-state index in [0.717, 1.165) is 18.4 Å². The number of nitrogens with zero attached hydrogens (tertiary/aromatic N) is 2. The molecule has 1 aromatic rings. The topological polar surface area (TPSA) is 57.8 Å². The van der Waals surface area contributed by atoms with Crippen molar-refractivity contribution in [3.8, 4) is 6.07 Å². The molecule has 1 rings (SSSR count). The van der Waals surface area contributed by atoms with Gasteiger partial charge in [0.25, 0.3) is 0 Å². The molecule has 0 aliphatic heterocycles. The van der Waals surface area contributed by atoms with Gasteiger partial charge in [-0.2, -0.15) is 5.26 Å². The van der Waals surface area contributed by atoms with Crippen LogP contribution in [0.5, 0.6) is 0 Å². The summed E-state index contributed by atoms with van der Waals surface area (Å²) in [6, 6.07) is 4.21. The van der Waals surface area contributed by atoms with Crippen LogP contribution in [-0.4, -0.2) is 10.5 Å². The van der Waals surface area contributed by atoms with E-state index in [2.05, 4.69) is 11.4 Å². The molecule has 0 unspecified atom stereocenters. The van der Waals surface area contributed by atoms with Crippen molar-refractivity contribution in [1.82, 2.24) is 9.88 Å². The molecular formula is C15H23N3O. The number of aryl methyl sites for hydroxylation is 1. The van der Waals surface area contributed by atoms with Crippen LogP contribution < -0.4 is 5.32 Å². The molecule has 1 heterocycles.